The number of H-pyrrole nitrogens is 1. The van der Waals surface area contributed by atoms with Crippen molar-refractivity contribution in [1.29, 1.82) is 0 Å². The van der Waals surface area contributed by atoms with Crippen LogP contribution in [0.2, 0.25) is 0 Å². The van der Waals surface area contributed by atoms with Gasteiger partial charge in [-0.2, -0.15) is 0 Å². The maximum atomic E-state index is 12.5. The fraction of sp³-hybridized carbons (Fsp3) is 0.438. The fourth-order valence-electron chi connectivity index (χ4n) is 2.83. The molecule has 0 atom stereocenters. The summed E-state index contributed by atoms with van der Waals surface area (Å²) in [6.07, 6.45) is 5.11. The molecule has 0 unspecified atom stereocenters. The first-order valence-corrected chi connectivity index (χ1v) is 7.63. The number of anilines is 1. The highest BCUT2D eigenvalue weighted by molar-refractivity contribution is 6.02. The van der Waals surface area contributed by atoms with Crippen molar-refractivity contribution in [2.24, 2.45) is 0 Å². The van der Waals surface area contributed by atoms with Crippen molar-refractivity contribution >= 4 is 28.5 Å². The summed E-state index contributed by atoms with van der Waals surface area (Å²) in [4.78, 5) is 35.1. The van der Waals surface area contributed by atoms with Crippen LogP contribution in [0.15, 0.2) is 24.5 Å². The minimum atomic E-state index is -0.0919. The third-order valence-electron chi connectivity index (χ3n) is 4.16. The minimum absolute atomic E-state index is 0.0808. The summed E-state index contributed by atoms with van der Waals surface area (Å²) in [6, 6.07) is 5.67. The maximum Gasteiger partial charge on any atom is 0.246 e. The van der Waals surface area contributed by atoms with Crippen LogP contribution in [0, 0.1) is 0 Å². The second-order valence-corrected chi connectivity index (χ2v) is 5.65. The molecule has 1 aromatic carbocycles. The van der Waals surface area contributed by atoms with E-state index in [2.05, 4.69) is 9.97 Å². The lowest BCUT2D eigenvalue weighted by Crippen LogP contribution is -2.41. The number of carbonyl (C=O) groups excluding carboxylic acids is 2. The normalized spacial score (nSPS) is 15.9. The molecule has 1 aliphatic heterocycles. The van der Waals surface area contributed by atoms with E-state index < -0.39 is 0 Å². The quantitative estimate of drug-likeness (QED) is 0.941. The van der Waals surface area contributed by atoms with Gasteiger partial charge in [0, 0.05) is 20.0 Å². The molecule has 0 spiro atoms. The molecular weight excluding hydrogens is 280 g/mol. The number of imidazole rings is 1. The topological polar surface area (TPSA) is 69.3 Å². The average molecular weight is 300 g/mol. The Balaban J connectivity index is 1.76. The predicted molar refractivity (Wildman–Crippen MR) is 84.6 cm³/mol. The van der Waals surface area contributed by atoms with Crippen molar-refractivity contribution in [3.05, 3.63) is 24.5 Å². The number of aromatic nitrogens is 2. The standard InChI is InChI=1S/C16H20N4O2/c1-19(13-7-5-6-12-16(13)18-11-17-12)15(22)10-20-9-4-2-3-8-14(20)21/h5-7,11H,2-4,8-10H2,1H3,(H,17,18). The van der Waals surface area contributed by atoms with Gasteiger partial charge in [-0.25, -0.2) is 4.98 Å². The minimum Gasteiger partial charge on any atom is -0.345 e. The van der Waals surface area contributed by atoms with Gasteiger partial charge >= 0.3 is 0 Å². The first-order valence-electron chi connectivity index (χ1n) is 7.63. The van der Waals surface area contributed by atoms with Crippen LogP contribution >= 0.6 is 0 Å². The molecule has 0 radical (unpaired) electrons. The second kappa shape index (κ2) is 6.17. The van der Waals surface area contributed by atoms with Crippen LogP contribution in [0.25, 0.3) is 11.0 Å². The molecule has 1 aliphatic rings. The Morgan fingerprint density at radius 3 is 3.09 bits per heavy atom. The monoisotopic (exact) mass is 300 g/mol. The summed E-state index contributed by atoms with van der Waals surface area (Å²) in [5, 5.41) is 0. The second-order valence-electron chi connectivity index (χ2n) is 5.65. The average Bonchev–Trinajstić information content (AvgIpc) is 2.92. The summed E-state index contributed by atoms with van der Waals surface area (Å²) in [6.45, 7) is 0.807. The molecule has 2 amide bonds. The predicted octanol–water partition coefficient (Wildman–Crippen LogP) is 1.93. The third-order valence-corrected chi connectivity index (χ3v) is 4.16. The Kier molecular flexibility index (Phi) is 4.09. The number of para-hydroxylation sites is 1. The van der Waals surface area contributed by atoms with E-state index in [1.165, 1.54) is 0 Å². The van der Waals surface area contributed by atoms with Gasteiger partial charge < -0.3 is 14.8 Å². The lowest BCUT2D eigenvalue weighted by atomic mass is 10.2. The molecule has 1 N–H and O–H groups in total. The van der Waals surface area contributed by atoms with Crippen molar-refractivity contribution < 1.29 is 9.59 Å². The zero-order valence-corrected chi connectivity index (χ0v) is 12.7. The van der Waals surface area contributed by atoms with Crippen molar-refractivity contribution in [3.8, 4) is 0 Å². The van der Waals surface area contributed by atoms with E-state index in [0.29, 0.717) is 13.0 Å². The summed E-state index contributed by atoms with van der Waals surface area (Å²) in [7, 11) is 1.73. The van der Waals surface area contributed by atoms with E-state index in [-0.39, 0.29) is 18.4 Å². The molecule has 22 heavy (non-hydrogen) atoms. The largest absolute Gasteiger partial charge is 0.345 e. The first kappa shape index (κ1) is 14.6. The molecule has 0 saturated carbocycles. The van der Waals surface area contributed by atoms with Gasteiger partial charge in [0.2, 0.25) is 11.8 Å². The number of hydrogen-bond acceptors (Lipinski definition) is 3. The van der Waals surface area contributed by atoms with Gasteiger partial charge in [0.25, 0.3) is 0 Å². The zero-order valence-electron chi connectivity index (χ0n) is 12.7. The summed E-state index contributed by atoms with van der Waals surface area (Å²) < 4.78 is 0. The Morgan fingerprint density at radius 1 is 1.36 bits per heavy atom. The number of likely N-dealkylation sites (N-methyl/N-ethyl adjacent to an activating group) is 1. The van der Waals surface area contributed by atoms with Crippen LogP contribution in [-0.4, -0.2) is 46.8 Å². The Hall–Kier alpha value is -2.37. The van der Waals surface area contributed by atoms with E-state index >= 15 is 0 Å². The zero-order chi connectivity index (χ0) is 15.5. The number of benzene rings is 1. The van der Waals surface area contributed by atoms with Crippen molar-refractivity contribution in [1.82, 2.24) is 14.9 Å². The van der Waals surface area contributed by atoms with Crippen LogP contribution in [0.5, 0.6) is 0 Å². The van der Waals surface area contributed by atoms with Gasteiger partial charge in [-0.1, -0.05) is 12.5 Å². The van der Waals surface area contributed by atoms with Crippen LogP contribution < -0.4 is 4.90 Å². The summed E-state index contributed by atoms with van der Waals surface area (Å²) >= 11 is 0. The molecule has 3 rings (SSSR count). The highest BCUT2D eigenvalue weighted by Crippen LogP contribution is 2.23. The van der Waals surface area contributed by atoms with Gasteiger partial charge in [-0.05, 0) is 25.0 Å². The van der Waals surface area contributed by atoms with Crippen molar-refractivity contribution in [3.63, 3.8) is 0 Å². The van der Waals surface area contributed by atoms with Crippen LogP contribution in [0.1, 0.15) is 25.7 Å². The molecule has 2 heterocycles. The molecule has 1 aromatic heterocycles. The smallest absolute Gasteiger partial charge is 0.246 e. The molecule has 0 bridgehead atoms. The molecule has 6 nitrogen and oxygen atoms in total. The number of carbonyl (C=O) groups is 2. The third kappa shape index (κ3) is 2.81. The lowest BCUT2D eigenvalue weighted by molar-refractivity contribution is -0.134. The number of aromatic amines is 1. The molecule has 0 aliphatic carbocycles. The Morgan fingerprint density at radius 2 is 2.23 bits per heavy atom. The molecule has 1 saturated heterocycles. The maximum absolute atomic E-state index is 12.5. The Bertz CT molecular complexity index is 694. The van der Waals surface area contributed by atoms with E-state index in [1.807, 2.05) is 18.2 Å². The lowest BCUT2D eigenvalue weighted by Gasteiger charge is -2.24. The van der Waals surface area contributed by atoms with E-state index in [4.69, 9.17) is 0 Å². The molecule has 6 heteroatoms. The summed E-state index contributed by atoms with van der Waals surface area (Å²) in [5.41, 5.74) is 2.41. The van der Waals surface area contributed by atoms with Gasteiger partial charge in [0.15, 0.2) is 0 Å². The Labute approximate surface area is 129 Å². The van der Waals surface area contributed by atoms with Crippen LogP contribution in [0.4, 0.5) is 5.69 Å². The van der Waals surface area contributed by atoms with Gasteiger partial charge in [0.05, 0.1) is 17.5 Å². The van der Waals surface area contributed by atoms with E-state index in [1.54, 1.807) is 23.2 Å². The molecule has 2 aromatic rings. The number of likely N-dealkylation sites (tertiary alicyclic amines) is 1. The van der Waals surface area contributed by atoms with Crippen molar-refractivity contribution in [2.45, 2.75) is 25.7 Å². The highest BCUT2D eigenvalue weighted by Gasteiger charge is 2.22. The van der Waals surface area contributed by atoms with Crippen LogP contribution in [-0.2, 0) is 9.59 Å². The number of fused-ring (bicyclic) bond motifs is 1. The number of nitrogens with one attached hydrogen (secondary N) is 1. The number of amides is 2. The van der Waals surface area contributed by atoms with Gasteiger partial charge in [0.1, 0.15) is 12.1 Å². The molecule has 1 fully saturated rings. The van der Waals surface area contributed by atoms with Crippen LogP contribution in [0.3, 0.4) is 0 Å². The van der Waals surface area contributed by atoms with Crippen molar-refractivity contribution in [2.75, 3.05) is 25.0 Å². The van der Waals surface area contributed by atoms with E-state index in [9.17, 15) is 9.59 Å². The number of rotatable bonds is 3. The summed E-state index contributed by atoms with van der Waals surface area (Å²) in [5.74, 6) is -0.0111. The van der Waals surface area contributed by atoms with Gasteiger partial charge in [-0.3, -0.25) is 9.59 Å². The number of nitrogens with zero attached hydrogens (tertiary/aromatic N) is 3. The first-order chi connectivity index (χ1) is 10.7. The van der Waals surface area contributed by atoms with E-state index in [0.717, 1.165) is 36.0 Å². The highest BCUT2D eigenvalue weighted by atomic mass is 16.2. The van der Waals surface area contributed by atoms with Gasteiger partial charge in [-0.15, -0.1) is 0 Å². The fourth-order valence-corrected chi connectivity index (χ4v) is 2.83. The molecular formula is C16H20N4O2. The number of hydrogen-bond donors (Lipinski definition) is 1. The molecule has 116 valence electrons. The SMILES string of the molecule is CN(C(=O)CN1CCCCCC1=O)c1cccc2[nH]cnc12.